The molecule has 0 atom stereocenters. The van der Waals surface area contributed by atoms with Gasteiger partial charge in [0.05, 0.1) is 11.3 Å². The molecule has 0 aliphatic carbocycles. The van der Waals surface area contributed by atoms with Crippen molar-refractivity contribution in [2.45, 2.75) is 6.92 Å². The Bertz CT molecular complexity index is 758. The Labute approximate surface area is 147 Å². The smallest absolute Gasteiger partial charge is 0.341 e. The van der Waals surface area contributed by atoms with Crippen molar-refractivity contribution in [3.8, 4) is 18.0 Å². The van der Waals surface area contributed by atoms with Crippen LogP contribution in [0.2, 0.25) is 0 Å². The topological polar surface area (TPSA) is 63.5 Å². The summed E-state index contributed by atoms with van der Waals surface area (Å²) in [7, 11) is 0. The van der Waals surface area contributed by atoms with Gasteiger partial charge in [-0.25, -0.2) is 4.79 Å². The molecule has 1 saturated heterocycles. The molecule has 0 spiro atoms. The molecule has 0 radical (unpaired) electrons. The third kappa shape index (κ3) is 3.80. The summed E-state index contributed by atoms with van der Waals surface area (Å²) < 4.78 is 6.92. The molecule has 7 nitrogen and oxygen atoms in total. The van der Waals surface area contributed by atoms with Crippen LogP contribution in [0.25, 0.3) is 5.69 Å². The average molecular weight is 339 g/mol. The minimum atomic E-state index is -0.416. The first-order valence-electron chi connectivity index (χ1n) is 8.30. The molecule has 0 saturated carbocycles. The van der Waals surface area contributed by atoms with Gasteiger partial charge in [-0.05, 0) is 24.7 Å². The Kier molecular flexibility index (Phi) is 5.31. The molecule has 0 unspecified atom stereocenters. The predicted octanol–water partition coefficient (Wildman–Crippen LogP) is 1.20. The lowest BCUT2D eigenvalue weighted by atomic mass is 10.1. The van der Waals surface area contributed by atoms with Crippen LogP contribution in [0.1, 0.15) is 17.3 Å². The van der Waals surface area contributed by atoms with Crippen LogP contribution in [0.15, 0.2) is 30.9 Å². The van der Waals surface area contributed by atoms with Gasteiger partial charge in [0.15, 0.2) is 6.61 Å². The first kappa shape index (κ1) is 17.0. The molecule has 0 bridgehead atoms. The largest absolute Gasteiger partial charge is 0.449 e. The summed E-state index contributed by atoms with van der Waals surface area (Å²) in [5, 5.41) is 7.61. The van der Waals surface area contributed by atoms with Crippen molar-refractivity contribution in [3.63, 3.8) is 0 Å². The van der Waals surface area contributed by atoms with E-state index in [2.05, 4.69) is 32.8 Å². The maximum absolute atomic E-state index is 12.5. The number of esters is 1. The second kappa shape index (κ2) is 7.81. The highest BCUT2D eigenvalue weighted by Crippen LogP contribution is 2.26. The van der Waals surface area contributed by atoms with Gasteiger partial charge in [-0.1, -0.05) is 12.8 Å². The molecular weight excluding hydrogens is 318 g/mol. The van der Waals surface area contributed by atoms with Crippen LogP contribution in [0.5, 0.6) is 0 Å². The second-order valence-corrected chi connectivity index (χ2v) is 5.77. The zero-order chi connectivity index (χ0) is 17.6. The molecule has 25 heavy (non-hydrogen) atoms. The number of aromatic nitrogens is 3. The van der Waals surface area contributed by atoms with Crippen molar-refractivity contribution in [1.29, 1.82) is 0 Å². The fourth-order valence-electron chi connectivity index (χ4n) is 2.95. The average Bonchev–Trinajstić information content (AvgIpc) is 3.20. The number of carbonyl (C=O) groups excluding carboxylic acids is 1. The SMILES string of the molecule is C#CCOC(=O)c1cc(-n2cnnc2)ccc1N1CCN(CC)CC1. The van der Waals surface area contributed by atoms with Gasteiger partial charge < -0.3 is 14.5 Å². The van der Waals surface area contributed by atoms with Gasteiger partial charge in [0.1, 0.15) is 12.7 Å². The molecule has 130 valence electrons. The maximum Gasteiger partial charge on any atom is 0.341 e. The number of rotatable bonds is 5. The molecule has 0 amide bonds. The summed E-state index contributed by atoms with van der Waals surface area (Å²) in [5.41, 5.74) is 2.18. The van der Waals surface area contributed by atoms with Crippen molar-refractivity contribution in [2.24, 2.45) is 0 Å². The van der Waals surface area contributed by atoms with Crippen molar-refractivity contribution < 1.29 is 9.53 Å². The third-order valence-electron chi connectivity index (χ3n) is 4.36. The summed E-state index contributed by atoms with van der Waals surface area (Å²) in [4.78, 5) is 17.1. The summed E-state index contributed by atoms with van der Waals surface area (Å²) in [6.45, 7) is 6.85. The lowest BCUT2D eigenvalue weighted by molar-refractivity contribution is 0.0557. The molecule has 0 N–H and O–H groups in total. The highest BCUT2D eigenvalue weighted by Gasteiger charge is 2.22. The van der Waals surface area contributed by atoms with Crippen molar-refractivity contribution >= 4 is 11.7 Å². The van der Waals surface area contributed by atoms with Crippen molar-refractivity contribution in [2.75, 3.05) is 44.2 Å². The van der Waals surface area contributed by atoms with Crippen LogP contribution in [0, 0.1) is 12.3 Å². The zero-order valence-electron chi connectivity index (χ0n) is 14.3. The van der Waals surface area contributed by atoms with E-state index in [1.165, 1.54) is 0 Å². The van der Waals surface area contributed by atoms with E-state index in [0.29, 0.717) is 5.56 Å². The molecular formula is C18H21N5O2. The van der Waals surface area contributed by atoms with Crippen molar-refractivity contribution in [1.82, 2.24) is 19.7 Å². The second-order valence-electron chi connectivity index (χ2n) is 5.77. The van der Waals surface area contributed by atoms with E-state index in [-0.39, 0.29) is 6.61 Å². The van der Waals surface area contributed by atoms with Crippen LogP contribution < -0.4 is 4.90 Å². The van der Waals surface area contributed by atoms with Gasteiger partial charge in [-0.2, -0.15) is 0 Å². The number of carbonyl (C=O) groups is 1. The van der Waals surface area contributed by atoms with E-state index in [0.717, 1.165) is 44.1 Å². The molecule has 1 aliphatic rings. The number of piperazine rings is 1. The van der Waals surface area contributed by atoms with Gasteiger partial charge in [-0.15, -0.1) is 16.6 Å². The fourth-order valence-corrected chi connectivity index (χ4v) is 2.95. The van der Waals surface area contributed by atoms with Gasteiger partial charge in [0, 0.05) is 31.9 Å². The molecule has 2 heterocycles. The van der Waals surface area contributed by atoms with Gasteiger partial charge in [-0.3, -0.25) is 4.57 Å². The Morgan fingerprint density at radius 2 is 1.96 bits per heavy atom. The minimum absolute atomic E-state index is 0.0429. The summed E-state index contributed by atoms with van der Waals surface area (Å²) >= 11 is 0. The van der Waals surface area contributed by atoms with Gasteiger partial charge >= 0.3 is 5.97 Å². The van der Waals surface area contributed by atoms with E-state index in [1.807, 2.05) is 12.1 Å². The Balaban J connectivity index is 1.91. The fraction of sp³-hybridized carbons (Fsp3) is 0.389. The van der Waals surface area contributed by atoms with Crippen LogP contribution in [-0.4, -0.2) is 65.0 Å². The first-order chi connectivity index (χ1) is 12.2. The monoisotopic (exact) mass is 339 g/mol. The molecule has 1 fully saturated rings. The number of hydrogen-bond donors (Lipinski definition) is 0. The van der Waals surface area contributed by atoms with Crippen molar-refractivity contribution in [3.05, 3.63) is 36.4 Å². The molecule has 1 aromatic carbocycles. The predicted molar refractivity (Wildman–Crippen MR) is 94.8 cm³/mol. The number of terminal acetylenes is 1. The Hall–Kier alpha value is -2.85. The van der Waals surface area contributed by atoms with E-state index in [9.17, 15) is 4.79 Å². The minimum Gasteiger partial charge on any atom is -0.449 e. The maximum atomic E-state index is 12.5. The molecule has 3 rings (SSSR count). The molecule has 2 aromatic rings. The quantitative estimate of drug-likeness (QED) is 0.602. The number of ether oxygens (including phenoxy) is 1. The van der Waals surface area contributed by atoms with Gasteiger partial charge in [0.2, 0.25) is 0 Å². The van der Waals surface area contributed by atoms with E-state index in [4.69, 9.17) is 11.2 Å². The number of benzene rings is 1. The Morgan fingerprint density at radius 3 is 2.60 bits per heavy atom. The standard InChI is InChI=1S/C18H21N5O2/c1-3-11-25-18(24)16-12-15(23-13-19-20-14-23)5-6-17(16)22-9-7-21(4-2)8-10-22/h1,5-6,12-14H,4,7-11H2,2H3. The summed E-state index contributed by atoms with van der Waals surface area (Å²) in [6, 6.07) is 5.69. The van der Waals surface area contributed by atoms with Crippen LogP contribution in [-0.2, 0) is 4.74 Å². The molecule has 7 heteroatoms. The van der Waals surface area contributed by atoms with Gasteiger partial charge in [0.25, 0.3) is 0 Å². The highest BCUT2D eigenvalue weighted by molar-refractivity contribution is 5.96. The summed E-state index contributed by atoms with van der Waals surface area (Å²) in [6.07, 6.45) is 8.39. The van der Waals surface area contributed by atoms with Crippen LogP contribution in [0.3, 0.4) is 0 Å². The Morgan fingerprint density at radius 1 is 1.24 bits per heavy atom. The summed E-state index contributed by atoms with van der Waals surface area (Å²) in [5.74, 6) is 1.92. The third-order valence-corrected chi connectivity index (χ3v) is 4.36. The normalized spacial score (nSPS) is 15.0. The molecule has 1 aromatic heterocycles. The number of nitrogens with zero attached hydrogens (tertiary/aromatic N) is 5. The number of likely N-dealkylation sites (N-methyl/N-ethyl adjacent to an activating group) is 1. The number of anilines is 1. The molecule has 1 aliphatic heterocycles. The number of hydrogen-bond acceptors (Lipinski definition) is 6. The van der Waals surface area contributed by atoms with Crippen LogP contribution >= 0.6 is 0 Å². The van der Waals surface area contributed by atoms with E-state index in [1.54, 1.807) is 23.3 Å². The van der Waals surface area contributed by atoms with E-state index < -0.39 is 5.97 Å². The lowest BCUT2D eigenvalue weighted by Gasteiger charge is -2.36. The first-order valence-corrected chi connectivity index (χ1v) is 8.30. The van der Waals surface area contributed by atoms with E-state index >= 15 is 0 Å². The van der Waals surface area contributed by atoms with Crippen LogP contribution in [0.4, 0.5) is 5.69 Å². The lowest BCUT2D eigenvalue weighted by Crippen LogP contribution is -2.46. The highest BCUT2D eigenvalue weighted by atomic mass is 16.5. The zero-order valence-corrected chi connectivity index (χ0v) is 14.3.